The predicted octanol–water partition coefficient (Wildman–Crippen LogP) is 3.85. The van der Waals surface area contributed by atoms with Crippen molar-refractivity contribution in [3.63, 3.8) is 0 Å². The number of rotatable bonds is 4. The maximum absolute atomic E-state index is 3.73. The molecule has 19 heavy (non-hydrogen) atoms. The third-order valence-corrected chi connectivity index (χ3v) is 5.97. The van der Waals surface area contributed by atoms with Gasteiger partial charge in [0.2, 0.25) is 0 Å². The van der Waals surface area contributed by atoms with Gasteiger partial charge >= 0.3 is 0 Å². The zero-order chi connectivity index (χ0) is 12.7. The molecule has 1 heteroatoms. The summed E-state index contributed by atoms with van der Waals surface area (Å²) in [5.74, 6) is 5.30. The molecule has 0 spiro atoms. The van der Waals surface area contributed by atoms with E-state index in [1.807, 2.05) is 0 Å². The fourth-order valence-corrected chi connectivity index (χ4v) is 5.35. The molecule has 1 aromatic rings. The van der Waals surface area contributed by atoms with Gasteiger partial charge in [0.05, 0.1) is 0 Å². The van der Waals surface area contributed by atoms with Gasteiger partial charge < -0.3 is 5.32 Å². The zero-order valence-corrected chi connectivity index (χ0v) is 11.7. The Morgan fingerprint density at radius 1 is 0.842 bits per heavy atom. The minimum atomic E-state index is 0.983. The lowest BCUT2D eigenvalue weighted by molar-refractivity contribution is -0.0355. The Morgan fingerprint density at radius 2 is 1.47 bits per heavy atom. The fraction of sp³-hybridized carbons (Fsp3) is 0.667. The van der Waals surface area contributed by atoms with E-state index in [-0.39, 0.29) is 0 Å². The van der Waals surface area contributed by atoms with Gasteiger partial charge in [0.1, 0.15) is 0 Å². The first-order valence-electron chi connectivity index (χ1n) is 8.13. The fourth-order valence-electron chi connectivity index (χ4n) is 5.35. The van der Waals surface area contributed by atoms with Gasteiger partial charge in [-0.1, -0.05) is 30.3 Å². The van der Waals surface area contributed by atoms with Crippen LogP contribution in [0.3, 0.4) is 0 Å². The molecule has 4 saturated carbocycles. The second-order valence-electron chi connectivity index (χ2n) is 7.21. The van der Waals surface area contributed by atoms with Crippen LogP contribution >= 0.6 is 0 Å². The van der Waals surface area contributed by atoms with Crippen molar-refractivity contribution < 1.29 is 0 Å². The standard InChI is InChI=1S/C18H25N/c1-2-4-13(5-3-1)11-19-12-18-16-7-14-6-15(9-16)10-17(18)8-14/h1-5,14-19H,6-12H2. The summed E-state index contributed by atoms with van der Waals surface area (Å²) in [4.78, 5) is 0. The molecule has 0 atom stereocenters. The molecule has 1 nitrogen and oxygen atoms in total. The van der Waals surface area contributed by atoms with Gasteiger partial charge in [0.25, 0.3) is 0 Å². The quantitative estimate of drug-likeness (QED) is 0.861. The third-order valence-electron chi connectivity index (χ3n) is 5.97. The highest BCUT2D eigenvalue weighted by Gasteiger charge is 2.47. The van der Waals surface area contributed by atoms with Crippen LogP contribution in [0.15, 0.2) is 30.3 Å². The van der Waals surface area contributed by atoms with E-state index in [0.717, 1.165) is 36.1 Å². The van der Waals surface area contributed by atoms with E-state index >= 15 is 0 Å². The molecule has 0 aliphatic heterocycles. The van der Waals surface area contributed by atoms with E-state index in [4.69, 9.17) is 0 Å². The molecule has 1 aromatic carbocycles. The Kier molecular flexibility index (Phi) is 3.11. The van der Waals surface area contributed by atoms with Gasteiger partial charge in [0, 0.05) is 6.54 Å². The van der Waals surface area contributed by atoms with E-state index < -0.39 is 0 Å². The molecule has 5 rings (SSSR count). The summed E-state index contributed by atoms with van der Waals surface area (Å²) in [6, 6.07) is 10.8. The smallest absolute Gasteiger partial charge is 0.0205 e. The lowest BCUT2D eigenvalue weighted by atomic mass is 9.52. The van der Waals surface area contributed by atoms with Gasteiger partial charge in [-0.15, -0.1) is 0 Å². The second-order valence-corrected chi connectivity index (χ2v) is 7.21. The van der Waals surface area contributed by atoms with Gasteiger partial charge in [0.15, 0.2) is 0 Å². The molecule has 0 unspecified atom stereocenters. The van der Waals surface area contributed by atoms with Crippen molar-refractivity contribution >= 4 is 0 Å². The highest BCUT2D eigenvalue weighted by Crippen LogP contribution is 2.56. The average molecular weight is 255 g/mol. The molecule has 4 fully saturated rings. The van der Waals surface area contributed by atoms with Crippen molar-refractivity contribution in [1.29, 1.82) is 0 Å². The molecule has 0 aromatic heterocycles. The van der Waals surface area contributed by atoms with Crippen LogP contribution in [0.1, 0.15) is 37.7 Å². The van der Waals surface area contributed by atoms with Crippen molar-refractivity contribution in [2.24, 2.45) is 29.6 Å². The van der Waals surface area contributed by atoms with Crippen molar-refractivity contribution in [3.8, 4) is 0 Å². The van der Waals surface area contributed by atoms with Crippen LogP contribution in [0.4, 0.5) is 0 Å². The highest BCUT2D eigenvalue weighted by molar-refractivity contribution is 5.14. The summed E-state index contributed by atoms with van der Waals surface area (Å²) >= 11 is 0. The molecule has 0 radical (unpaired) electrons. The summed E-state index contributed by atoms with van der Waals surface area (Å²) in [5.41, 5.74) is 1.42. The largest absolute Gasteiger partial charge is 0.312 e. The SMILES string of the molecule is c1ccc(CNCC2C3CC4CC(C3)CC2C4)cc1. The van der Waals surface area contributed by atoms with Gasteiger partial charge in [-0.3, -0.25) is 0 Å². The average Bonchev–Trinajstić information content (AvgIpc) is 2.42. The Morgan fingerprint density at radius 3 is 2.11 bits per heavy atom. The summed E-state index contributed by atoms with van der Waals surface area (Å²) in [7, 11) is 0. The number of hydrogen-bond acceptors (Lipinski definition) is 1. The maximum Gasteiger partial charge on any atom is 0.0205 e. The molecule has 102 valence electrons. The van der Waals surface area contributed by atoms with Crippen LogP contribution < -0.4 is 5.32 Å². The maximum atomic E-state index is 3.73. The number of hydrogen-bond donors (Lipinski definition) is 1. The third kappa shape index (κ3) is 2.33. The van der Waals surface area contributed by atoms with Gasteiger partial charge in [-0.2, -0.15) is 0 Å². The molecular formula is C18H25N. The predicted molar refractivity (Wildman–Crippen MR) is 78.7 cm³/mol. The first-order chi connectivity index (χ1) is 9.38. The van der Waals surface area contributed by atoms with Crippen LogP contribution in [0, 0.1) is 29.6 Å². The Labute approximate surface area is 116 Å². The Bertz CT molecular complexity index is 397. The molecule has 0 amide bonds. The molecule has 1 N–H and O–H groups in total. The lowest BCUT2D eigenvalue weighted by Crippen LogP contribution is -2.48. The first kappa shape index (κ1) is 12.0. The second kappa shape index (κ2) is 4.94. The molecule has 4 aliphatic carbocycles. The van der Waals surface area contributed by atoms with Crippen molar-refractivity contribution in [2.45, 2.75) is 38.6 Å². The van der Waals surface area contributed by atoms with Gasteiger partial charge in [-0.25, -0.2) is 0 Å². The van der Waals surface area contributed by atoms with Crippen LogP contribution in [-0.4, -0.2) is 6.54 Å². The topological polar surface area (TPSA) is 12.0 Å². The molecular weight excluding hydrogens is 230 g/mol. The highest BCUT2D eigenvalue weighted by atomic mass is 14.9. The van der Waals surface area contributed by atoms with Crippen molar-refractivity contribution in [3.05, 3.63) is 35.9 Å². The monoisotopic (exact) mass is 255 g/mol. The van der Waals surface area contributed by atoms with E-state index in [1.165, 1.54) is 12.1 Å². The van der Waals surface area contributed by atoms with Crippen LogP contribution in [-0.2, 0) is 6.54 Å². The van der Waals surface area contributed by atoms with E-state index in [2.05, 4.69) is 35.6 Å². The van der Waals surface area contributed by atoms with Crippen molar-refractivity contribution in [2.75, 3.05) is 6.54 Å². The number of benzene rings is 1. The normalized spacial score (nSPS) is 39.7. The summed E-state index contributed by atoms with van der Waals surface area (Å²) < 4.78 is 0. The molecule has 0 saturated heterocycles. The Balaban J connectivity index is 1.34. The minimum absolute atomic E-state index is 0.983. The zero-order valence-electron chi connectivity index (χ0n) is 11.7. The lowest BCUT2D eigenvalue weighted by Gasteiger charge is -2.54. The van der Waals surface area contributed by atoms with E-state index in [9.17, 15) is 0 Å². The van der Waals surface area contributed by atoms with Gasteiger partial charge in [-0.05, 0) is 73.8 Å². The first-order valence-corrected chi connectivity index (χ1v) is 8.13. The summed E-state index contributed by atoms with van der Waals surface area (Å²) in [6.45, 7) is 2.30. The van der Waals surface area contributed by atoms with Crippen LogP contribution in [0.25, 0.3) is 0 Å². The summed E-state index contributed by atoms with van der Waals surface area (Å²) in [5, 5.41) is 3.73. The van der Waals surface area contributed by atoms with E-state index in [0.29, 0.717) is 0 Å². The van der Waals surface area contributed by atoms with Crippen LogP contribution in [0.2, 0.25) is 0 Å². The van der Waals surface area contributed by atoms with E-state index in [1.54, 1.807) is 32.1 Å². The van der Waals surface area contributed by atoms with Crippen LogP contribution in [0.5, 0.6) is 0 Å². The summed E-state index contributed by atoms with van der Waals surface area (Å²) in [6.07, 6.45) is 7.75. The minimum Gasteiger partial charge on any atom is -0.312 e. The Hall–Kier alpha value is -0.820. The van der Waals surface area contributed by atoms with Crippen molar-refractivity contribution in [1.82, 2.24) is 5.32 Å². The molecule has 0 heterocycles. The number of nitrogens with one attached hydrogen (secondary N) is 1. The molecule has 4 bridgehead atoms. The molecule has 4 aliphatic rings.